The number of nitrogens with zero attached hydrogens (tertiary/aromatic N) is 4. The second kappa shape index (κ2) is 4.91. The van der Waals surface area contributed by atoms with Gasteiger partial charge in [-0.05, 0) is 0 Å². The van der Waals surface area contributed by atoms with Crippen LogP contribution in [0.5, 0.6) is 0 Å². The number of hydrogen-bond acceptors (Lipinski definition) is 5. The lowest BCUT2D eigenvalue weighted by Gasteiger charge is -2.23. The minimum Gasteiger partial charge on any atom is -0.303 e. The van der Waals surface area contributed by atoms with Gasteiger partial charge in [0.1, 0.15) is 6.29 Å². The van der Waals surface area contributed by atoms with Gasteiger partial charge < -0.3 is 4.79 Å². The van der Waals surface area contributed by atoms with Crippen molar-refractivity contribution in [2.45, 2.75) is 18.9 Å². The third-order valence-electron chi connectivity index (χ3n) is 2.67. The Bertz CT molecular complexity index is 502. The van der Waals surface area contributed by atoms with E-state index in [0.717, 1.165) is 4.90 Å². The summed E-state index contributed by atoms with van der Waals surface area (Å²) in [6, 6.07) is -0.505. The molecule has 1 aliphatic heterocycles. The Morgan fingerprint density at radius 2 is 2.00 bits per heavy atom. The van der Waals surface area contributed by atoms with E-state index in [0.29, 0.717) is 18.4 Å². The van der Waals surface area contributed by atoms with Crippen molar-refractivity contribution in [1.82, 2.24) is 19.9 Å². The zero-order chi connectivity index (χ0) is 13.1. The van der Waals surface area contributed by atoms with E-state index in [9.17, 15) is 14.4 Å². The largest absolute Gasteiger partial charge is 0.303 e. The Hall–Kier alpha value is -2.31. The Morgan fingerprint density at radius 3 is 2.50 bits per heavy atom. The van der Waals surface area contributed by atoms with Crippen molar-refractivity contribution in [3.63, 3.8) is 0 Å². The van der Waals surface area contributed by atoms with Gasteiger partial charge in [-0.1, -0.05) is 5.21 Å². The van der Waals surface area contributed by atoms with Gasteiger partial charge in [0, 0.05) is 38.2 Å². The van der Waals surface area contributed by atoms with E-state index in [4.69, 9.17) is 0 Å². The van der Waals surface area contributed by atoms with Crippen molar-refractivity contribution in [3.8, 4) is 0 Å². The van der Waals surface area contributed by atoms with Gasteiger partial charge in [-0.15, -0.1) is 5.10 Å². The molecule has 0 spiro atoms. The van der Waals surface area contributed by atoms with Crippen molar-refractivity contribution in [1.29, 1.82) is 0 Å². The van der Waals surface area contributed by atoms with Crippen LogP contribution in [0.1, 0.15) is 12.1 Å². The molecule has 0 saturated carbocycles. The van der Waals surface area contributed by atoms with Crippen LogP contribution in [0.15, 0.2) is 18.3 Å². The van der Waals surface area contributed by atoms with Crippen molar-refractivity contribution >= 4 is 18.1 Å². The minimum absolute atomic E-state index is 0.0930. The number of aldehydes is 1. The molecular weight excluding hydrogens is 236 g/mol. The van der Waals surface area contributed by atoms with Gasteiger partial charge in [-0.2, -0.15) is 0 Å². The van der Waals surface area contributed by atoms with Crippen LogP contribution in [-0.2, 0) is 27.9 Å². The fraction of sp³-hybridized carbons (Fsp3) is 0.364. The fourth-order valence-corrected chi connectivity index (χ4v) is 1.89. The molecule has 2 amide bonds. The number of carbonyl (C=O) groups is 3. The van der Waals surface area contributed by atoms with Gasteiger partial charge in [0.05, 0.1) is 11.7 Å². The first kappa shape index (κ1) is 12.2. The second-order valence-corrected chi connectivity index (χ2v) is 4.02. The van der Waals surface area contributed by atoms with Crippen LogP contribution < -0.4 is 0 Å². The zero-order valence-electron chi connectivity index (χ0n) is 9.81. The number of aromatic nitrogens is 3. The number of aryl methyl sites for hydroxylation is 1. The average molecular weight is 248 g/mol. The first-order valence-electron chi connectivity index (χ1n) is 5.46. The first-order valence-corrected chi connectivity index (χ1v) is 5.46. The van der Waals surface area contributed by atoms with Crippen molar-refractivity contribution in [2.75, 3.05) is 0 Å². The Kier molecular flexibility index (Phi) is 3.31. The quantitative estimate of drug-likeness (QED) is 0.505. The SMILES string of the molecule is Cn1cc(CC(CC=O)N2C(=O)C=CC2=O)nn1. The smallest absolute Gasteiger partial charge is 0.253 e. The van der Waals surface area contributed by atoms with Crippen LogP contribution in [-0.4, -0.2) is 44.0 Å². The van der Waals surface area contributed by atoms with Gasteiger partial charge in [0.25, 0.3) is 11.8 Å². The lowest BCUT2D eigenvalue weighted by Crippen LogP contribution is -2.41. The molecule has 0 aromatic carbocycles. The molecule has 0 saturated heterocycles. The molecule has 94 valence electrons. The minimum atomic E-state index is -0.505. The highest BCUT2D eigenvalue weighted by molar-refractivity contribution is 6.13. The molecule has 1 atom stereocenters. The molecule has 1 unspecified atom stereocenters. The first-order chi connectivity index (χ1) is 8.61. The molecule has 1 aromatic heterocycles. The average Bonchev–Trinajstić information content (AvgIpc) is 2.86. The van der Waals surface area contributed by atoms with E-state index in [-0.39, 0.29) is 6.42 Å². The number of imide groups is 1. The summed E-state index contributed by atoms with van der Waals surface area (Å²) in [4.78, 5) is 34.9. The molecule has 7 heteroatoms. The molecule has 2 rings (SSSR count). The lowest BCUT2D eigenvalue weighted by atomic mass is 10.1. The molecule has 1 aromatic rings. The molecule has 1 aliphatic rings. The maximum atomic E-state index is 11.6. The van der Waals surface area contributed by atoms with E-state index in [2.05, 4.69) is 10.3 Å². The van der Waals surface area contributed by atoms with Gasteiger partial charge in [0.15, 0.2) is 0 Å². The van der Waals surface area contributed by atoms with Gasteiger partial charge in [0.2, 0.25) is 0 Å². The van der Waals surface area contributed by atoms with E-state index < -0.39 is 17.9 Å². The predicted octanol–water partition coefficient (Wildman–Crippen LogP) is -0.760. The molecule has 7 nitrogen and oxygen atoms in total. The topological polar surface area (TPSA) is 85.2 Å². The summed E-state index contributed by atoms with van der Waals surface area (Å²) in [5.74, 6) is -0.786. The Morgan fingerprint density at radius 1 is 1.33 bits per heavy atom. The molecule has 0 aliphatic carbocycles. The van der Waals surface area contributed by atoms with E-state index in [1.807, 2.05) is 0 Å². The number of amides is 2. The van der Waals surface area contributed by atoms with Crippen LogP contribution in [0.2, 0.25) is 0 Å². The number of rotatable bonds is 5. The molecule has 0 fully saturated rings. The maximum absolute atomic E-state index is 11.6. The summed E-state index contributed by atoms with van der Waals surface area (Å²) in [6.07, 6.45) is 5.21. The lowest BCUT2D eigenvalue weighted by molar-refractivity contribution is -0.139. The maximum Gasteiger partial charge on any atom is 0.253 e. The monoisotopic (exact) mass is 248 g/mol. The van der Waals surface area contributed by atoms with Gasteiger partial charge in [-0.3, -0.25) is 19.2 Å². The molecular formula is C11H12N4O3. The van der Waals surface area contributed by atoms with Crippen LogP contribution >= 0.6 is 0 Å². The molecule has 0 N–H and O–H groups in total. The molecule has 2 heterocycles. The number of hydrogen-bond donors (Lipinski definition) is 0. The van der Waals surface area contributed by atoms with Crippen LogP contribution in [0, 0.1) is 0 Å². The highest BCUT2D eigenvalue weighted by atomic mass is 16.2. The van der Waals surface area contributed by atoms with E-state index in [1.165, 1.54) is 16.8 Å². The number of carbonyl (C=O) groups excluding carboxylic acids is 3. The second-order valence-electron chi connectivity index (χ2n) is 4.02. The van der Waals surface area contributed by atoms with E-state index >= 15 is 0 Å². The molecule has 0 radical (unpaired) electrons. The van der Waals surface area contributed by atoms with Crippen LogP contribution in [0.25, 0.3) is 0 Å². The highest BCUT2D eigenvalue weighted by Crippen LogP contribution is 2.15. The van der Waals surface area contributed by atoms with Gasteiger partial charge in [-0.25, -0.2) is 0 Å². The van der Waals surface area contributed by atoms with Crippen molar-refractivity contribution < 1.29 is 14.4 Å². The highest BCUT2D eigenvalue weighted by Gasteiger charge is 2.31. The predicted molar refractivity (Wildman–Crippen MR) is 60.2 cm³/mol. The summed E-state index contributed by atoms with van der Waals surface area (Å²) < 4.78 is 1.53. The third-order valence-corrected chi connectivity index (χ3v) is 2.67. The summed E-state index contributed by atoms with van der Waals surface area (Å²) in [7, 11) is 1.72. The Labute approximate surface area is 103 Å². The van der Waals surface area contributed by atoms with Crippen LogP contribution in [0.4, 0.5) is 0 Å². The summed E-state index contributed by atoms with van der Waals surface area (Å²) in [5, 5.41) is 7.66. The van der Waals surface area contributed by atoms with Crippen molar-refractivity contribution in [2.24, 2.45) is 7.05 Å². The Balaban J connectivity index is 2.15. The summed E-state index contributed by atoms with van der Waals surface area (Å²) >= 11 is 0. The standard InChI is InChI=1S/C11H12N4O3/c1-14-7-8(12-13-14)6-9(4-5-16)15-10(17)2-3-11(15)18/h2-3,5,7,9H,4,6H2,1H3. The van der Waals surface area contributed by atoms with Crippen LogP contribution in [0.3, 0.4) is 0 Å². The third kappa shape index (κ3) is 2.34. The van der Waals surface area contributed by atoms with Crippen molar-refractivity contribution in [3.05, 3.63) is 24.0 Å². The fourth-order valence-electron chi connectivity index (χ4n) is 1.89. The summed E-state index contributed by atoms with van der Waals surface area (Å²) in [6.45, 7) is 0. The molecule has 0 bridgehead atoms. The van der Waals surface area contributed by atoms with E-state index in [1.54, 1.807) is 13.2 Å². The normalized spacial score (nSPS) is 16.4. The summed E-state index contributed by atoms with van der Waals surface area (Å²) in [5.41, 5.74) is 0.636. The molecule has 18 heavy (non-hydrogen) atoms. The zero-order valence-corrected chi connectivity index (χ0v) is 9.81. The van der Waals surface area contributed by atoms with Gasteiger partial charge >= 0.3 is 0 Å².